The predicted octanol–water partition coefficient (Wildman–Crippen LogP) is 4.65. The molecule has 1 amide bonds. The number of hydrogen-bond acceptors (Lipinski definition) is 3. The number of anilines is 1. The molecule has 0 saturated carbocycles. The van der Waals surface area contributed by atoms with E-state index >= 15 is 0 Å². The number of benzene rings is 3. The second-order valence-electron chi connectivity index (χ2n) is 6.55. The van der Waals surface area contributed by atoms with Crippen molar-refractivity contribution in [1.82, 2.24) is 0 Å². The fourth-order valence-electron chi connectivity index (χ4n) is 2.88. The molecule has 0 unspecified atom stereocenters. The van der Waals surface area contributed by atoms with Gasteiger partial charge in [-0.05, 0) is 62.2 Å². The van der Waals surface area contributed by atoms with Gasteiger partial charge < -0.3 is 0 Å². The standard InChI is InChI=1S/C22H21NO3S/c1-16-8-7-9-19(14-16)22(24)23(21-15-17(2)12-13-18(21)3)27(25,26)20-10-5-4-6-11-20/h4-15H,1-3H3. The van der Waals surface area contributed by atoms with Gasteiger partial charge in [-0.1, -0.05) is 48.0 Å². The molecule has 3 aromatic rings. The molecule has 0 aliphatic rings. The van der Waals surface area contributed by atoms with Gasteiger partial charge in [0, 0.05) is 5.56 Å². The summed E-state index contributed by atoms with van der Waals surface area (Å²) in [7, 11) is -4.07. The Hall–Kier alpha value is -2.92. The molecule has 0 radical (unpaired) electrons. The summed E-state index contributed by atoms with van der Waals surface area (Å²) in [6.07, 6.45) is 0. The van der Waals surface area contributed by atoms with Gasteiger partial charge in [0.1, 0.15) is 0 Å². The van der Waals surface area contributed by atoms with E-state index in [0.29, 0.717) is 16.8 Å². The van der Waals surface area contributed by atoms with E-state index in [4.69, 9.17) is 0 Å². The van der Waals surface area contributed by atoms with Crippen LogP contribution in [0.5, 0.6) is 0 Å². The molecule has 0 heterocycles. The highest BCUT2D eigenvalue weighted by Gasteiger charge is 2.32. The average molecular weight is 379 g/mol. The molecule has 138 valence electrons. The van der Waals surface area contributed by atoms with Gasteiger partial charge in [-0.3, -0.25) is 4.79 Å². The summed E-state index contributed by atoms with van der Waals surface area (Å²) in [5.74, 6) is -0.573. The third-order valence-corrected chi connectivity index (χ3v) is 6.03. The van der Waals surface area contributed by atoms with Gasteiger partial charge in [0.25, 0.3) is 15.9 Å². The van der Waals surface area contributed by atoms with E-state index in [1.54, 1.807) is 49.4 Å². The molecule has 0 fully saturated rings. The van der Waals surface area contributed by atoms with Crippen LogP contribution in [0.3, 0.4) is 0 Å². The third kappa shape index (κ3) is 3.78. The maximum absolute atomic E-state index is 13.4. The van der Waals surface area contributed by atoms with Crippen molar-refractivity contribution < 1.29 is 13.2 Å². The van der Waals surface area contributed by atoms with Crippen molar-refractivity contribution in [3.05, 3.63) is 95.1 Å². The van der Waals surface area contributed by atoms with Gasteiger partial charge >= 0.3 is 0 Å². The van der Waals surface area contributed by atoms with Crippen LogP contribution in [0.25, 0.3) is 0 Å². The average Bonchev–Trinajstić information content (AvgIpc) is 2.65. The molecule has 0 aromatic heterocycles. The highest BCUT2D eigenvalue weighted by molar-refractivity contribution is 7.93. The number of rotatable bonds is 4. The van der Waals surface area contributed by atoms with Crippen LogP contribution in [0.4, 0.5) is 5.69 Å². The summed E-state index contributed by atoms with van der Waals surface area (Å²) in [6, 6.07) is 20.4. The van der Waals surface area contributed by atoms with Crippen LogP contribution in [0.1, 0.15) is 27.0 Å². The minimum absolute atomic E-state index is 0.0758. The molecular weight excluding hydrogens is 358 g/mol. The predicted molar refractivity (Wildman–Crippen MR) is 108 cm³/mol. The van der Waals surface area contributed by atoms with E-state index in [0.717, 1.165) is 15.4 Å². The first-order valence-corrected chi connectivity index (χ1v) is 10.0. The second-order valence-corrected chi connectivity index (χ2v) is 8.33. The molecule has 0 spiro atoms. The van der Waals surface area contributed by atoms with E-state index in [-0.39, 0.29) is 4.90 Å². The summed E-state index contributed by atoms with van der Waals surface area (Å²) in [5.41, 5.74) is 3.17. The van der Waals surface area contributed by atoms with Crippen LogP contribution in [-0.4, -0.2) is 14.3 Å². The van der Waals surface area contributed by atoms with E-state index in [9.17, 15) is 13.2 Å². The van der Waals surface area contributed by atoms with Gasteiger partial charge in [-0.2, -0.15) is 4.31 Å². The first-order valence-electron chi connectivity index (χ1n) is 8.59. The van der Waals surface area contributed by atoms with Gasteiger partial charge in [0.2, 0.25) is 0 Å². The Bertz CT molecular complexity index is 1090. The maximum atomic E-state index is 13.4. The highest BCUT2D eigenvalue weighted by atomic mass is 32.2. The van der Waals surface area contributed by atoms with E-state index < -0.39 is 15.9 Å². The number of carbonyl (C=O) groups is 1. The zero-order valence-corrected chi connectivity index (χ0v) is 16.3. The normalized spacial score (nSPS) is 11.2. The van der Waals surface area contributed by atoms with Crippen molar-refractivity contribution in [2.75, 3.05) is 4.31 Å². The van der Waals surface area contributed by atoms with Crippen LogP contribution in [0.15, 0.2) is 77.7 Å². The zero-order valence-electron chi connectivity index (χ0n) is 15.5. The number of carbonyl (C=O) groups excluding carboxylic acids is 1. The second kappa shape index (κ2) is 7.37. The van der Waals surface area contributed by atoms with Gasteiger partial charge in [-0.25, -0.2) is 8.42 Å². The summed E-state index contributed by atoms with van der Waals surface area (Å²) < 4.78 is 27.7. The van der Waals surface area contributed by atoms with Crippen molar-refractivity contribution in [3.63, 3.8) is 0 Å². The molecule has 0 saturated heterocycles. The number of hydrogen-bond donors (Lipinski definition) is 0. The molecule has 0 aliphatic heterocycles. The molecule has 0 bridgehead atoms. The largest absolute Gasteiger partial charge is 0.272 e. The van der Waals surface area contributed by atoms with Crippen LogP contribution >= 0.6 is 0 Å². The number of amides is 1. The van der Waals surface area contributed by atoms with Crippen molar-refractivity contribution in [3.8, 4) is 0 Å². The van der Waals surface area contributed by atoms with Gasteiger partial charge in [-0.15, -0.1) is 0 Å². The molecule has 0 N–H and O–H groups in total. The lowest BCUT2D eigenvalue weighted by Crippen LogP contribution is -2.37. The molecule has 3 rings (SSSR count). The summed E-state index contributed by atoms with van der Waals surface area (Å²) >= 11 is 0. The Morgan fingerprint density at radius 1 is 0.778 bits per heavy atom. The van der Waals surface area contributed by atoms with Crippen molar-refractivity contribution in [2.24, 2.45) is 0 Å². The first kappa shape index (κ1) is 18.9. The minimum atomic E-state index is -4.07. The van der Waals surface area contributed by atoms with Gasteiger partial charge in [0.15, 0.2) is 0 Å². The summed E-state index contributed by atoms with van der Waals surface area (Å²) in [5, 5.41) is 0. The maximum Gasteiger partial charge on any atom is 0.272 e. The topological polar surface area (TPSA) is 54.5 Å². The Balaban J connectivity index is 2.24. The summed E-state index contributed by atoms with van der Waals surface area (Å²) in [6.45, 7) is 5.53. The fourth-order valence-corrected chi connectivity index (χ4v) is 4.37. The first-order chi connectivity index (χ1) is 12.8. The SMILES string of the molecule is Cc1cccc(C(=O)N(c2cc(C)ccc2C)S(=O)(=O)c2ccccc2)c1. The lowest BCUT2D eigenvalue weighted by atomic mass is 10.1. The van der Waals surface area contributed by atoms with Crippen LogP contribution < -0.4 is 4.31 Å². The lowest BCUT2D eigenvalue weighted by Gasteiger charge is -2.25. The van der Waals surface area contributed by atoms with E-state index in [1.807, 2.05) is 32.0 Å². The Kier molecular flexibility index (Phi) is 5.15. The molecule has 0 aliphatic carbocycles. The number of aryl methyl sites for hydroxylation is 3. The molecule has 3 aromatic carbocycles. The van der Waals surface area contributed by atoms with Crippen LogP contribution in [0, 0.1) is 20.8 Å². The van der Waals surface area contributed by atoms with Crippen molar-refractivity contribution in [2.45, 2.75) is 25.7 Å². The molecular formula is C22H21NO3S. The highest BCUT2D eigenvalue weighted by Crippen LogP contribution is 2.29. The summed E-state index contributed by atoms with van der Waals surface area (Å²) in [4.78, 5) is 13.4. The minimum Gasteiger partial charge on any atom is -0.268 e. The van der Waals surface area contributed by atoms with Crippen LogP contribution in [-0.2, 0) is 10.0 Å². The fraction of sp³-hybridized carbons (Fsp3) is 0.136. The lowest BCUT2D eigenvalue weighted by molar-refractivity contribution is 0.100. The van der Waals surface area contributed by atoms with Crippen LogP contribution in [0.2, 0.25) is 0 Å². The third-order valence-electron chi connectivity index (χ3n) is 4.31. The van der Waals surface area contributed by atoms with E-state index in [2.05, 4.69) is 0 Å². The van der Waals surface area contributed by atoms with Crippen molar-refractivity contribution >= 4 is 21.6 Å². The Morgan fingerprint density at radius 2 is 1.44 bits per heavy atom. The quantitative estimate of drug-likeness (QED) is 0.663. The Labute approximate surface area is 160 Å². The monoisotopic (exact) mass is 379 g/mol. The zero-order chi connectivity index (χ0) is 19.6. The Morgan fingerprint density at radius 3 is 2.11 bits per heavy atom. The number of nitrogens with zero attached hydrogens (tertiary/aromatic N) is 1. The smallest absolute Gasteiger partial charge is 0.268 e. The molecule has 5 heteroatoms. The van der Waals surface area contributed by atoms with Gasteiger partial charge in [0.05, 0.1) is 10.6 Å². The van der Waals surface area contributed by atoms with Crippen molar-refractivity contribution in [1.29, 1.82) is 0 Å². The molecule has 27 heavy (non-hydrogen) atoms. The molecule has 0 atom stereocenters. The molecule has 4 nitrogen and oxygen atoms in total. The van der Waals surface area contributed by atoms with E-state index in [1.165, 1.54) is 12.1 Å². The number of sulfonamides is 1.